The number of carbonyl (C=O) groups is 2. The summed E-state index contributed by atoms with van der Waals surface area (Å²) in [5, 5.41) is 2.64. The number of nitrogens with zero attached hydrogens (tertiary/aromatic N) is 1. The maximum Gasteiger partial charge on any atom is 0.226 e. The van der Waals surface area contributed by atoms with E-state index in [0.717, 1.165) is 24.0 Å². The Morgan fingerprint density at radius 3 is 2.25 bits per heavy atom. The van der Waals surface area contributed by atoms with Crippen LogP contribution in [0.15, 0.2) is 36.4 Å². The van der Waals surface area contributed by atoms with Crippen molar-refractivity contribution in [1.82, 2.24) is 0 Å². The molecule has 2 amide bonds. The average Bonchev–Trinajstić information content (AvgIpc) is 2.62. The highest BCUT2D eigenvalue weighted by Gasteiger charge is 2.21. The topological polar surface area (TPSA) is 58.6 Å². The highest BCUT2D eigenvalue weighted by Crippen LogP contribution is 2.24. The van der Waals surface area contributed by atoms with Crippen molar-refractivity contribution < 1.29 is 27.5 Å². The van der Waals surface area contributed by atoms with Crippen LogP contribution in [-0.2, 0) is 9.59 Å². The number of benzene rings is 2. The first-order valence-corrected chi connectivity index (χ1v) is 8.67. The van der Waals surface area contributed by atoms with Crippen LogP contribution in [0.5, 0.6) is 5.75 Å². The van der Waals surface area contributed by atoms with Gasteiger partial charge in [-0.3, -0.25) is 9.59 Å². The van der Waals surface area contributed by atoms with Gasteiger partial charge in [-0.05, 0) is 50.2 Å². The van der Waals surface area contributed by atoms with Crippen LogP contribution in [0, 0.1) is 17.5 Å². The van der Waals surface area contributed by atoms with Crippen molar-refractivity contribution in [3.8, 4) is 5.75 Å². The van der Waals surface area contributed by atoms with Crippen molar-refractivity contribution in [3.63, 3.8) is 0 Å². The summed E-state index contributed by atoms with van der Waals surface area (Å²) >= 11 is 0. The van der Waals surface area contributed by atoms with E-state index in [1.54, 1.807) is 24.3 Å². The maximum atomic E-state index is 14.0. The van der Waals surface area contributed by atoms with Crippen molar-refractivity contribution in [1.29, 1.82) is 0 Å². The number of nitrogens with one attached hydrogen (secondary N) is 1. The third-order valence-corrected chi connectivity index (χ3v) is 3.76. The van der Waals surface area contributed by atoms with E-state index in [1.165, 1.54) is 0 Å². The highest BCUT2D eigenvalue weighted by atomic mass is 19.2. The second-order valence-electron chi connectivity index (χ2n) is 6.35. The van der Waals surface area contributed by atoms with E-state index in [-0.39, 0.29) is 19.1 Å². The first-order chi connectivity index (χ1) is 13.2. The number of ether oxygens (including phenoxy) is 1. The van der Waals surface area contributed by atoms with Crippen LogP contribution in [0.25, 0.3) is 0 Å². The summed E-state index contributed by atoms with van der Waals surface area (Å²) in [6, 6.07) is 8.41. The molecule has 28 heavy (non-hydrogen) atoms. The molecule has 2 aromatic rings. The zero-order valence-corrected chi connectivity index (χ0v) is 15.8. The Labute approximate surface area is 161 Å². The number of halogens is 3. The molecule has 0 unspecified atom stereocenters. The molecule has 150 valence electrons. The van der Waals surface area contributed by atoms with Gasteiger partial charge in [0, 0.05) is 25.6 Å². The Balaban J connectivity index is 2.01. The zero-order chi connectivity index (χ0) is 20.8. The van der Waals surface area contributed by atoms with Crippen LogP contribution in [0.1, 0.15) is 27.2 Å². The minimum absolute atomic E-state index is 0.0229. The van der Waals surface area contributed by atoms with E-state index in [1.807, 2.05) is 13.8 Å². The third-order valence-electron chi connectivity index (χ3n) is 3.76. The molecule has 0 aromatic heterocycles. The maximum absolute atomic E-state index is 14.0. The van der Waals surface area contributed by atoms with Crippen molar-refractivity contribution in [2.75, 3.05) is 16.8 Å². The fourth-order valence-electron chi connectivity index (χ4n) is 2.50. The molecule has 0 aliphatic heterocycles. The lowest BCUT2D eigenvalue weighted by Gasteiger charge is -2.21. The summed E-state index contributed by atoms with van der Waals surface area (Å²) in [6.07, 6.45) is -0.142. The molecule has 1 N–H and O–H groups in total. The average molecular weight is 394 g/mol. The summed E-state index contributed by atoms with van der Waals surface area (Å²) in [7, 11) is 0. The van der Waals surface area contributed by atoms with Gasteiger partial charge in [-0.15, -0.1) is 0 Å². The lowest BCUT2D eigenvalue weighted by Crippen LogP contribution is -2.33. The van der Waals surface area contributed by atoms with Crippen LogP contribution < -0.4 is 15.0 Å². The van der Waals surface area contributed by atoms with Crippen LogP contribution >= 0.6 is 0 Å². The fraction of sp³-hybridized carbons (Fsp3) is 0.300. The van der Waals surface area contributed by atoms with Gasteiger partial charge in [-0.2, -0.15) is 0 Å². The normalized spacial score (nSPS) is 10.7. The molecule has 0 aliphatic carbocycles. The van der Waals surface area contributed by atoms with Crippen molar-refractivity contribution in [2.45, 2.75) is 33.3 Å². The largest absolute Gasteiger partial charge is 0.491 e. The molecule has 0 heterocycles. The lowest BCUT2D eigenvalue weighted by atomic mass is 10.2. The van der Waals surface area contributed by atoms with E-state index >= 15 is 0 Å². The highest BCUT2D eigenvalue weighted by molar-refractivity contribution is 5.94. The van der Waals surface area contributed by atoms with Crippen molar-refractivity contribution in [2.24, 2.45) is 0 Å². The van der Waals surface area contributed by atoms with Crippen LogP contribution in [-0.4, -0.2) is 24.5 Å². The zero-order valence-electron chi connectivity index (χ0n) is 15.8. The standard InChI is InChI=1S/C20H21F3N2O3/c1-12(2)28-15-6-4-14(5-7-15)24-18(27)10-11-25(13(3)26)17-9-8-16(21)19(22)20(17)23/h4-9,12H,10-11H2,1-3H3,(H,24,27). The van der Waals surface area contributed by atoms with Gasteiger partial charge in [-0.1, -0.05) is 0 Å². The van der Waals surface area contributed by atoms with E-state index < -0.39 is 35.0 Å². The van der Waals surface area contributed by atoms with Crippen molar-refractivity contribution >= 4 is 23.2 Å². The number of amides is 2. The molecular weight excluding hydrogens is 373 g/mol. The van der Waals surface area contributed by atoms with Crippen LogP contribution in [0.4, 0.5) is 24.5 Å². The predicted molar refractivity (Wildman–Crippen MR) is 99.8 cm³/mol. The number of rotatable bonds is 7. The van der Waals surface area contributed by atoms with E-state index in [0.29, 0.717) is 11.4 Å². The molecule has 0 atom stereocenters. The Morgan fingerprint density at radius 2 is 1.68 bits per heavy atom. The summed E-state index contributed by atoms with van der Waals surface area (Å²) in [5.74, 6) is -4.87. The van der Waals surface area contributed by atoms with Gasteiger partial charge in [0.05, 0.1) is 11.8 Å². The van der Waals surface area contributed by atoms with Gasteiger partial charge in [0.2, 0.25) is 11.8 Å². The molecule has 2 rings (SSSR count). The van der Waals surface area contributed by atoms with E-state index in [4.69, 9.17) is 4.74 Å². The van der Waals surface area contributed by atoms with Crippen molar-refractivity contribution in [3.05, 3.63) is 53.8 Å². The smallest absolute Gasteiger partial charge is 0.226 e. The SMILES string of the molecule is CC(=O)N(CCC(=O)Nc1ccc(OC(C)C)cc1)c1ccc(F)c(F)c1F. The molecule has 0 saturated carbocycles. The van der Waals surface area contributed by atoms with Gasteiger partial charge >= 0.3 is 0 Å². The molecule has 0 saturated heterocycles. The first-order valence-electron chi connectivity index (χ1n) is 8.67. The minimum Gasteiger partial charge on any atom is -0.491 e. The molecule has 0 radical (unpaired) electrons. The Bertz CT molecular complexity index is 855. The van der Waals surface area contributed by atoms with Gasteiger partial charge in [-0.25, -0.2) is 13.2 Å². The predicted octanol–water partition coefficient (Wildman–Crippen LogP) is 4.27. The number of carbonyl (C=O) groups excluding carboxylic acids is 2. The fourth-order valence-corrected chi connectivity index (χ4v) is 2.50. The monoisotopic (exact) mass is 394 g/mol. The minimum atomic E-state index is -1.67. The molecule has 0 fully saturated rings. The van der Waals surface area contributed by atoms with Gasteiger partial charge in [0.15, 0.2) is 17.5 Å². The molecule has 0 spiro atoms. The molecule has 0 aliphatic rings. The van der Waals surface area contributed by atoms with Gasteiger partial charge in [0.1, 0.15) is 5.75 Å². The molecule has 0 bridgehead atoms. The molecule has 5 nitrogen and oxygen atoms in total. The second-order valence-corrected chi connectivity index (χ2v) is 6.35. The van der Waals surface area contributed by atoms with Gasteiger partial charge in [0.25, 0.3) is 0 Å². The Hall–Kier alpha value is -3.03. The van der Waals surface area contributed by atoms with E-state index in [2.05, 4.69) is 5.32 Å². The van der Waals surface area contributed by atoms with Crippen LogP contribution in [0.2, 0.25) is 0 Å². The quantitative estimate of drug-likeness (QED) is 0.714. The summed E-state index contributed by atoms with van der Waals surface area (Å²) in [5.41, 5.74) is 0.101. The number of hydrogen-bond acceptors (Lipinski definition) is 3. The third kappa shape index (κ3) is 5.48. The van der Waals surface area contributed by atoms with Gasteiger partial charge < -0.3 is 15.0 Å². The molecule has 8 heteroatoms. The molecular formula is C20H21F3N2O3. The van der Waals surface area contributed by atoms with Crippen LogP contribution in [0.3, 0.4) is 0 Å². The summed E-state index contributed by atoms with van der Waals surface area (Å²) < 4.78 is 46.0. The lowest BCUT2D eigenvalue weighted by molar-refractivity contribution is -0.117. The Morgan fingerprint density at radius 1 is 1.04 bits per heavy atom. The summed E-state index contributed by atoms with van der Waals surface area (Å²) in [4.78, 5) is 24.8. The second kappa shape index (κ2) is 9.25. The summed E-state index contributed by atoms with van der Waals surface area (Å²) in [6.45, 7) is 4.74. The number of anilines is 2. The first kappa shape index (κ1) is 21.3. The molecule has 2 aromatic carbocycles. The Kier molecular flexibility index (Phi) is 7.03. The van der Waals surface area contributed by atoms with E-state index in [9.17, 15) is 22.8 Å². The number of hydrogen-bond donors (Lipinski definition) is 1.